The van der Waals surface area contributed by atoms with Crippen LogP contribution in [0.3, 0.4) is 0 Å². The number of aromatic nitrogens is 1. The van der Waals surface area contributed by atoms with E-state index in [4.69, 9.17) is 4.99 Å². The number of aryl methyl sites for hydroxylation is 1. The van der Waals surface area contributed by atoms with Gasteiger partial charge in [-0.05, 0) is 92.4 Å². The molecule has 1 N–H and O–H groups in total. The molecule has 0 amide bonds. The lowest BCUT2D eigenvalue weighted by Gasteiger charge is -2.28. The molecule has 0 saturated carbocycles. The second kappa shape index (κ2) is 11.7. The number of nitrogens with one attached hydrogen (secondary N) is 1. The summed E-state index contributed by atoms with van der Waals surface area (Å²) in [5.41, 5.74) is 16.7. The molecule has 3 heteroatoms. The zero-order valence-electron chi connectivity index (χ0n) is 28.8. The third kappa shape index (κ3) is 4.48. The maximum atomic E-state index is 5.33. The molecule has 4 aliphatic rings. The highest BCUT2D eigenvalue weighted by atomic mass is 15.2. The van der Waals surface area contributed by atoms with Crippen LogP contribution >= 0.6 is 0 Å². The van der Waals surface area contributed by atoms with E-state index in [2.05, 4.69) is 162 Å². The van der Waals surface area contributed by atoms with E-state index in [1.165, 1.54) is 71.6 Å². The molecule has 0 fully saturated rings. The van der Waals surface area contributed by atoms with Crippen molar-refractivity contribution in [3.05, 3.63) is 185 Å². The largest absolute Gasteiger partial charge is 0.345 e. The molecule has 51 heavy (non-hydrogen) atoms. The van der Waals surface area contributed by atoms with Crippen molar-refractivity contribution in [2.75, 3.05) is 0 Å². The number of benzene rings is 6. The van der Waals surface area contributed by atoms with Gasteiger partial charge in [-0.3, -0.25) is 4.57 Å². The summed E-state index contributed by atoms with van der Waals surface area (Å²) in [4.78, 5) is 5.33. The molecule has 7 aromatic rings. The van der Waals surface area contributed by atoms with Crippen LogP contribution in [0.4, 0.5) is 0 Å². The summed E-state index contributed by atoms with van der Waals surface area (Å²) < 4.78 is 2.31. The number of para-hydroxylation sites is 1. The molecule has 244 valence electrons. The topological polar surface area (TPSA) is 29.3 Å². The fourth-order valence-corrected chi connectivity index (χ4v) is 8.69. The molecule has 1 atom stereocenters. The number of rotatable bonds is 2. The second-order valence-corrected chi connectivity index (χ2v) is 13.5. The zero-order valence-corrected chi connectivity index (χ0v) is 28.8. The van der Waals surface area contributed by atoms with Gasteiger partial charge in [-0.25, -0.2) is 4.99 Å². The van der Waals surface area contributed by atoms with E-state index >= 15 is 0 Å². The van der Waals surface area contributed by atoms with Crippen LogP contribution in [0.2, 0.25) is 0 Å². The van der Waals surface area contributed by atoms with Gasteiger partial charge < -0.3 is 5.32 Å². The summed E-state index contributed by atoms with van der Waals surface area (Å²) in [7, 11) is 0. The minimum atomic E-state index is 0.0467. The first-order valence-electron chi connectivity index (χ1n) is 18.2. The van der Waals surface area contributed by atoms with E-state index in [1.807, 2.05) is 13.8 Å². The average Bonchev–Trinajstić information content (AvgIpc) is 3.72. The van der Waals surface area contributed by atoms with Crippen molar-refractivity contribution >= 4 is 55.4 Å². The molecular weight excluding hydrogens is 619 g/mol. The van der Waals surface area contributed by atoms with Gasteiger partial charge in [0, 0.05) is 21.9 Å². The van der Waals surface area contributed by atoms with Gasteiger partial charge in [-0.1, -0.05) is 141 Å². The summed E-state index contributed by atoms with van der Waals surface area (Å²) >= 11 is 0. The maximum Gasteiger partial charge on any atom is 0.209 e. The summed E-state index contributed by atoms with van der Waals surface area (Å²) in [5.74, 6) is 0.842. The predicted molar refractivity (Wildman–Crippen MR) is 216 cm³/mol. The van der Waals surface area contributed by atoms with Gasteiger partial charge in [0.05, 0.1) is 22.8 Å². The zero-order chi connectivity index (χ0) is 34.1. The van der Waals surface area contributed by atoms with Crippen LogP contribution in [-0.2, 0) is 6.42 Å². The van der Waals surface area contributed by atoms with Crippen LogP contribution in [0.25, 0.3) is 60.5 Å². The lowest BCUT2D eigenvalue weighted by atomic mass is 9.83. The fraction of sp³-hybridized carbons (Fsp3) is 0.104. The maximum absolute atomic E-state index is 5.33. The lowest BCUT2D eigenvalue weighted by molar-refractivity contribution is 0.805. The van der Waals surface area contributed by atoms with Gasteiger partial charge in [-0.2, -0.15) is 0 Å². The molecule has 11 rings (SSSR count). The Morgan fingerprint density at radius 2 is 1.39 bits per heavy atom. The summed E-state index contributed by atoms with van der Waals surface area (Å²) in [6, 6.07) is 46.9. The SMILES string of the molecule is C1=CC2=C(c3ccccc3)N=C(n3c4ccccc4c4cc(-c5ccc6c(c5)C5=C(CC6)c6cccc7cccc5c67)ccc43)NC2C=C1.CC. The summed E-state index contributed by atoms with van der Waals surface area (Å²) in [5, 5.41) is 8.97. The van der Waals surface area contributed by atoms with Gasteiger partial charge in [0.2, 0.25) is 5.96 Å². The van der Waals surface area contributed by atoms with E-state index in [0.29, 0.717) is 0 Å². The third-order valence-electron chi connectivity index (χ3n) is 10.9. The molecule has 0 saturated heterocycles. The predicted octanol–water partition coefficient (Wildman–Crippen LogP) is 11.6. The highest BCUT2D eigenvalue weighted by Crippen LogP contribution is 2.50. The molecule has 2 heterocycles. The van der Waals surface area contributed by atoms with E-state index in [9.17, 15) is 0 Å². The Balaban J connectivity index is 0.00000161. The van der Waals surface area contributed by atoms with Crippen LogP contribution in [-0.4, -0.2) is 16.6 Å². The summed E-state index contributed by atoms with van der Waals surface area (Å²) in [6.45, 7) is 4.00. The Bertz CT molecular complexity index is 2730. The molecule has 0 radical (unpaired) electrons. The Hall–Kier alpha value is -6.19. The van der Waals surface area contributed by atoms with Gasteiger partial charge in [0.25, 0.3) is 0 Å². The van der Waals surface area contributed by atoms with Crippen molar-refractivity contribution in [1.82, 2.24) is 9.88 Å². The summed E-state index contributed by atoms with van der Waals surface area (Å²) in [6.07, 6.45) is 10.8. The molecular formula is C48H37N3. The molecule has 0 spiro atoms. The Labute approximate surface area is 298 Å². The Morgan fingerprint density at radius 1 is 0.627 bits per heavy atom. The van der Waals surface area contributed by atoms with Crippen molar-refractivity contribution in [3.8, 4) is 11.1 Å². The van der Waals surface area contributed by atoms with Crippen LogP contribution in [0.5, 0.6) is 0 Å². The van der Waals surface area contributed by atoms with Gasteiger partial charge in [0.1, 0.15) is 0 Å². The van der Waals surface area contributed by atoms with E-state index in [0.717, 1.165) is 41.1 Å². The molecule has 1 unspecified atom stereocenters. The van der Waals surface area contributed by atoms with Gasteiger partial charge in [0.15, 0.2) is 0 Å². The minimum Gasteiger partial charge on any atom is -0.345 e. The van der Waals surface area contributed by atoms with Crippen molar-refractivity contribution in [2.45, 2.75) is 32.7 Å². The van der Waals surface area contributed by atoms with E-state index in [-0.39, 0.29) is 6.04 Å². The van der Waals surface area contributed by atoms with Crippen molar-refractivity contribution < 1.29 is 0 Å². The standard InChI is InChI=1S/C46H31N3.C2H6/c1-2-10-30(11-3-1)45-36-15-4-6-18-40(36)47-46(48-45)49-41-19-7-5-14-33(41)39-27-32(23-25-42(39)49)31-21-20-28-22-24-35-34-16-8-12-29-13-9-17-37(43(29)34)44(35)38(28)26-31;1-2/h1-21,23,25-27,40H,22,24H2,(H,47,48);1-2H3. The first-order chi connectivity index (χ1) is 25.3. The molecule has 0 bridgehead atoms. The number of fused-ring (bicyclic) bond motifs is 8. The van der Waals surface area contributed by atoms with Crippen LogP contribution < -0.4 is 5.32 Å². The third-order valence-corrected chi connectivity index (χ3v) is 10.9. The molecule has 3 nitrogen and oxygen atoms in total. The van der Waals surface area contributed by atoms with Crippen LogP contribution in [0, 0.1) is 0 Å². The molecule has 1 aliphatic heterocycles. The van der Waals surface area contributed by atoms with E-state index in [1.54, 1.807) is 0 Å². The molecule has 1 aromatic heterocycles. The first kappa shape index (κ1) is 29.7. The Morgan fingerprint density at radius 3 is 2.27 bits per heavy atom. The first-order valence-corrected chi connectivity index (χ1v) is 18.2. The van der Waals surface area contributed by atoms with Crippen LogP contribution in [0.15, 0.2) is 162 Å². The van der Waals surface area contributed by atoms with Crippen LogP contribution in [0.1, 0.15) is 48.1 Å². The highest BCUT2D eigenvalue weighted by Gasteiger charge is 2.30. The monoisotopic (exact) mass is 655 g/mol. The highest BCUT2D eigenvalue weighted by molar-refractivity contribution is 6.19. The number of hydrogen-bond donors (Lipinski definition) is 1. The van der Waals surface area contributed by atoms with Crippen molar-refractivity contribution in [2.24, 2.45) is 4.99 Å². The Kier molecular flexibility index (Phi) is 6.82. The molecule has 3 aliphatic carbocycles. The number of hydrogen-bond acceptors (Lipinski definition) is 2. The van der Waals surface area contributed by atoms with E-state index < -0.39 is 0 Å². The number of nitrogens with zero attached hydrogens (tertiary/aromatic N) is 2. The molecule has 6 aromatic carbocycles. The number of allylic oxidation sites excluding steroid dienone is 3. The second-order valence-electron chi connectivity index (χ2n) is 13.5. The van der Waals surface area contributed by atoms with Gasteiger partial charge in [-0.15, -0.1) is 0 Å². The van der Waals surface area contributed by atoms with Gasteiger partial charge >= 0.3 is 0 Å². The minimum absolute atomic E-state index is 0.0467. The number of aliphatic imine (C=N–C) groups is 1. The van der Waals surface area contributed by atoms with Crippen molar-refractivity contribution in [3.63, 3.8) is 0 Å². The normalized spacial score (nSPS) is 16.8. The smallest absolute Gasteiger partial charge is 0.209 e. The lowest BCUT2D eigenvalue weighted by Crippen LogP contribution is -2.42. The average molecular weight is 656 g/mol. The van der Waals surface area contributed by atoms with Crippen molar-refractivity contribution in [1.29, 1.82) is 0 Å². The fourth-order valence-electron chi connectivity index (χ4n) is 8.69. The quantitative estimate of drug-likeness (QED) is 0.197.